The molecular weight excluding hydrogens is 268 g/mol. The zero-order valence-electron chi connectivity index (χ0n) is 12.2. The van der Waals surface area contributed by atoms with Crippen molar-refractivity contribution in [1.82, 2.24) is 10.6 Å². The quantitative estimate of drug-likeness (QED) is 0.812. The van der Waals surface area contributed by atoms with Crippen molar-refractivity contribution in [2.24, 2.45) is 5.92 Å². The third kappa shape index (κ3) is 4.84. The molecule has 0 radical (unpaired) electrons. The first kappa shape index (κ1) is 15.4. The van der Waals surface area contributed by atoms with Crippen LogP contribution in [0, 0.1) is 5.92 Å². The molecule has 0 saturated carbocycles. The van der Waals surface area contributed by atoms with Crippen molar-refractivity contribution in [3.05, 3.63) is 35.4 Å². The fraction of sp³-hybridized carbons (Fsp3) is 0.562. The Balaban J connectivity index is 1.73. The number of amides is 1. The predicted octanol–water partition coefficient (Wildman–Crippen LogP) is 2.67. The van der Waals surface area contributed by atoms with E-state index >= 15 is 0 Å². The minimum Gasteiger partial charge on any atom is -0.352 e. The van der Waals surface area contributed by atoms with Gasteiger partial charge in [0.1, 0.15) is 0 Å². The van der Waals surface area contributed by atoms with E-state index in [1.54, 1.807) is 0 Å². The summed E-state index contributed by atoms with van der Waals surface area (Å²) in [7, 11) is 0. The molecule has 1 atom stereocenters. The molecule has 2 N–H and O–H groups in total. The van der Waals surface area contributed by atoms with Crippen LogP contribution in [0.3, 0.4) is 0 Å². The first-order valence-electron chi connectivity index (χ1n) is 7.45. The van der Waals surface area contributed by atoms with Crippen molar-refractivity contribution in [2.45, 2.75) is 25.5 Å². The predicted molar refractivity (Wildman–Crippen MR) is 86.2 cm³/mol. The molecule has 4 heteroatoms. The molecule has 0 aliphatic carbocycles. The highest BCUT2D eigenvalue weighted by molar-refractivity contribution is 7.98. The number of thioether (sulfide) groups is 1. The van der Waals surface area contributed by atoms with E-state index in [1.807, 2.05) is 23.9 Å². The van der Waals surface area contributed by atoms with Gasteiger partial charge in [0.2, 0.25) is 0 Å². The number of carbonyl (C=O) groups is 1. The Labute approximate surface area is 125 Å². The molecule has 1 heterocycles. The molecule has 0 bridgehead atoms. The maximum absolute atomic E-state index is 12.0. The zero-order chi connectivity index (χ0) is 14.2. The van der Waals surface area contributed by atoms with Gasteiger partial charge in [0, 0.05) is 17.9 Å². The molecule has 0 aromatic heterocycles. The van der Waals surface area contributed by atoms with Crippen molar-refractivity contribution in [2.75, 3.05) is 25.4 Å². The van der Waals surface area contributed by atoms with Gasteiger partial charge in [-0.05, 0) is 55.3 Å². The van der Waals surface area contributed by atoms with E-state index in [2.05, 4.69) is 29.7 Å². The third-order valence-corrected chi connectivity index (χ3v) is 4.64. The Morgan fingerprint density at radius 2 is 2.20 bits per heavy atom. The van der Waals surface area contributed by atoms with Crippen LogP contribution in [0.4, 0.5) is 0 Å². The second-order valence-corrected chi connectivity index (χ2v) is 6.51. The van der Waals surface area contributed by atoms with E-state index in [9.17, 15) is 4.79 Å². The Morgan fingerprint density at radius 3 is 2.85 bits per heavy atom. The van der Waals surface area contributed by atoms with Gasteiger partial charge < -0.3 is 10.6 Å². The van der Waals surface area contributed by atoms with Gasteiger partial charge in [0.25, 0.3) is 5.91 Å². The van der Waals surface area contributed by atoms with Gasteiger partial charge in [0.05, 0.1) is 0 Å². The summed E-state index contributed by atoms with van der Waals surface area (Å²) in [4.78, 5) is 12.0. The van der Waals surface area contributed by atoms with Crippen LogP contribution in [0.1, 0.15) is 35.7 Å². The lowest BCUT2D eigenvalue weighted by Crippen LogP contribution is -2.26. The topological polar surface area (TPSA) is 41.1 Å². The maximum Gasteiger partial charge on any atom is 0.251 e. The summed E-state index contributed by atoms with van der Waals surface area (Å²) in [6.07, 6.45) is 2.31. The Kier molecular flexibility index (Phi) is 6.40. The van der Waals surface area contributed by atoms with Crippen LogP contribution in [0.2, 0.25) is 0 Å². The molecule has 1 aromatic carbocycles. The maximum atomic E-state index is 12.0. The van der Waals surface area contributed by atoms with Gasteiger partial charge in [-0.15, -0.1) is 0 Å². The van der Waals surface area contributed by atoms with Crippen LogP contribution in [-0.4, -0.2) is 31.3 Å². The van der Waals surface area contributed by atoms with Crippen LogP contribution >= 0.6 is 11.8 Å². The van der Waals surface area contributed by atoms with Gasteiger partial charge in [-0.1, -0.05) is 19.1 Å². The number of hydrogen-bond donors (Lipinski definition) is 2. The third-order valence-electron chi connectivity index (χ3n) is 3.69. The standard InChI is InChI=1S/C16H24N2OS/c1-2-20-12-14-3-5-15(6-4-14)16(19)18-10-8-13-7-9-17-11-13/h3-6,13,17H,2,7-12H2,1H3,(H,18,19). The average molecular weight is 292 g/mol. The number of rotatable bonds is 7. The molecule has 1 unspecified atom stereocenters. The van der Waals surface area contributed by atoms with Crippen LogP contribution < -0.4 is 10.6 Å². The fourth-order valence-corrected chi connectivity index (χ4v) is 3.06. The summed E-state index contributed by atoms with van der Waals surface area (Å²) in [5, 5.41) is 6.37. The number of carbonyl (C=O) groups excluding carboxylic acids is 1. The first-order chi connectivity index (χ1) is 9.79. The van der Waals surface area contributed by atoms with Crippen molar-refractivity contribution in [3.63, 3.8) is 0 Å². The van der Waals surface area contributed by atoms with E-state index in [0.717, 1.165) is 49.0 Å². The Hall–Kier alpha value is -1.00. The number of nitrogens with one attached hydrogen (secondary N) is 2. The molecule has 1 amide bonds. The minimum atomic E-state index is 0.0469. The molecule has 1 aliphatic heterocycles. The Bertz CT molecular complexity index is 413. The highest BCUT2D eigenvalue weighted by Crippen LogP contribution is 2.13. The van der Waals surface area contributed by atoms with Gasteiger partial charge in [0.15, 0.2) is 0 Å². The molecule has 2 rings (SSSR count). The van der Waals surface area contributed by atoms with Crippen LogP contribution in [0.5, 0.6) is 0 Å². The van der Waals surface area contributed by atoms with Crippen LogP contribution in [0.15, 0.2) is 24.3 Å². The SMILES string of the molecule is CCSCc1ccc(C(=O)NCCC2CCNC2)cc1. The first-order valence-corrected chi connectivity index (χ1v) is 8.60. The number of benzene rings is 1. The molecule has 1 aromatic rings. The van der Waals surface area contributed by atoms with Crippen molar-refractivity contribution >= 4 is 17.7 Å². The molecule has 0 spiro atoms. The lowest BCUT2D eigenvalue weighted by molar-refractivity contribution is 0.0951. The summed E-state index contributed by atoms with van der Waals surface area (Å²) in [6.45, 7) is 5.15. The minimum absolute atomic E-state index is 0.0469. The summed E-state index contributed by atoms with van der Waals surface area (Å²) >= 11 is 1.90. The van der Waals surface area contributed by atoms with Crippen molar-refractivity contribution in [3.8, 4) is 0 Å². The Morgan fingerprint density at radius 1 is 1.40 bits per heavy atom. The summed E-state index contributed by atoms with van der Waals surface area (Å²) in [5.74, 6) is 2.92. The number of hydrogen-bond acceptors (Lipinski definition) is 3. The average Bonchev–Trinajstić information content (AvgIpc) is 2.99. The molecule has 3 nitrogen and oxygen atoms in total. The summed E-state index contributed by atoms with van der Waals surface area (Å²) in [5.41, 5.74) is 2.05. The molecular formula is C16H24N2OS. The normalized spacial score (nSPS) is 18.1. The molecule has 110 valence electrons. The van der Waals surface area contributed by atoms with Gasteiger partial charge in [-0.3, -0.25) is 4.79 Å². The zero-order valence-corrected chi connectivity index (χ0v) is 13.0. The molecule has 1 fully saturated rings. The summed E-state index contributed by atoms with van der Waals surface area (Å²) < 4.78 is 0. The second kappa shape index (κ2) is 8.32. The van der Waals surface area contributed by atoms with E-state index in [4.69, 9.17) is 0 Å². The van der Waals surface area contributed by atoms with E-state index in [0.29, 0.717) is 0 Å². The van der Waals surface area contributed by atoms with Gasteiger partial charge in [-0.25, -0.2) is 0 Å². The van der Waals surface area contributed by atoms with Gasteiger partial charge >= 0.3 is 0 Å². The van der Waals surface area contributed by atoms with Crippen molar-refractivity contribution < 1.29 is 4.79 Å². The second-order valence-electron chi connectivity index (χ2n) is 5.24. The molecule has 20 heavy (non-hydrogen) atoms. The smallest absolute Gasteiger partial charge is 0.251 e. The molecule has 1 saturated heterocycles. The lowest BCUT2D eigenvalue weighted by atomic mass is 10.1. The van der Waals surface area contributed by atoms with Crippen LogP contribution in [0.25, 0.3) is 0 Å². The van der Waals surface area contributed by atoms with Gasteiger partial charge in [-0.2, -0.15) is 11.8 Å². The highest BCUT2D eigenvalue weighted by Gasteiger charge is 2.14. The lowest BCUT2D eigenvalue weighted by Gasteiger charge is -2.09. The summed E-state index contributed by atoms with van der Waals surface area (Å²) in [6, 6.07) is 7.97. The fourth-order valence-electron chi connectivity index (χ4n) is 2.42. The van der Waals surface area contributed by atoms with Crippen LogP contribution in [-0.2, 0) is 5.75 Å². The van der Waals surface area contributed by atoms with E-state index < -0.39 is 0 Å². The largest absolute Gasteiger partial charge is 0.352 e. The molecule has 1 aliphatic rings. The monoisotopic (exact) mass is 292 g/mol. The van der Waals surface area contributed by atoms with Crippen molar-refractivity contribution in [1.29, 1.82) is 0 Å². The highest BCUT2D eigenvalue weighted by atomic mass is 32.2. The van der Waals surface area contributed by atoms with E-state index in [-0.39, 0.29) is 5.91 Å². The van der Waals surface area contributed by atoms with E-state index in [1.165, 1.54) is 12.0 Å².